The molecule has 0 heterocycles. The van der Waals surface area contributed by atoms with Gasteiger partial charge in [-0.05, 0) is 30.7 Å². The number of benzene rings is 1. The summed E-state index contributed by atoms with van der Waals surface area (Å²) in [5, 5.41) is 8.42. The molecule has 0 radical (unpaired) electrons. The molecule has 0 aromatic heterocycles. The molecule has 3 heteroatoms. The van der Waals surface area contributed by atoms with E-state index in [-0.39, 0.29) is 6.42 Å². The summed E-state index contributed by atoms with van der Waals surface area (Å²) < 4.78 is 0. The molecule has 0 spiro atoms. The van der Waals surface area contributed by atoms with Crippen LogP contribution >= 0.6 is 11.8 Å². The van der Waals surface area contributed by atoms with Gasteiger partial charge in [-0.1, -0.05) is 18.2 Å². The van der Waals surface area contributed by atoms with Crippen molar-refractivity contribution in [1.29, 1.82) is 0 Å². The molecule has 0 saturated heterocycles. The van der Waals surface area contributed by atoms with Gasteiger partial charge in [0.05, 0.1) is 0 Å². The van der Waals surface area contributed by atoms with Gasteiger partial charge in [0.15, 0.2) is 0 Å². The van der Waals surface area contributed by atoms with Crippen molar-refractivity contribution in [1.82, 2.24) is 0 Å². The standard InChI is InChI=1S/C11H14O2S/c12-11(13)8-4-5-9-14-10-6-2-1-3-7-10/h1-3,6-7H,4-5,8-9H2,(H,12,13). The molecule has 14 heavy (non-hydrogen) atoms. The molecule has 0 aliphatic rings. The van der Waals surface area contributed by atoms with E-state index >= 15 is 0 Å². The number of hydrogen-bond acceptors (Lipinski definition) is 2. The average molecular weight is 210 g/mol. The van der Waals surface area contributed by atoms with E-state index < -0.39 is 5.97 Å². The first kappa shape index (κ1) is 11.1. The zero-order valence-corrected chi connectivity index (χ0v) is 8.80. The summed E-state index contributed by atoms with van der Waals surface area (Å²) in [6, 6.07) is 10.2. The summed E-state index contributed by atoms with van der Waals surface area (Å²) in [6.45, 7) is 0. The van der Waals surface area contributed by atoms with Gasteiger partial charge in [0.1, 0.15) is 0 Å². The fourth-order valence-corrected chi connectivity index (χ4v) is 2.02. The van der Waals surface area contributed by atoms with E-state index in [9.17, 15) is 4.79 Å². The van der Waals surface area contributed by atoms with Crippen molar-refractivity contribution < 1.29 is 9.90 Å². The Labute approximate surface area is 88.3 Å². The van der Waals surface area contributed by atoms with Crippen LogP contribution in [-0.4, -0.2) is 16.8 Å². The Bertz CT molecular complexity index is 272. The third-order valence-corrected chi connectivity index (χ3v) is 2.90. The Balaban J connectivity index is 2.08. The molecule has 1 rings (SSSR count). The maximum absolute atomic E-state index is 10.2. The van der Waals surface area contributed by atoms with Crippen molar-refractivity contribution in [3.8, 4) is 0 Å². The Morgan fingerprint density at radius 3 is 2.57 bits per heavy atom. The fraction of sp³-hybridized carbons (Fsp3) is 0.364. The first-order valence-electron chi connectivity index (χ1n) is 4.68. The van der Waals surface area contributed by atoms with Crippen LogP contribution in [0.4, 0.5) is 0 Å². The minimum atomic E-state index is -0.699. The van der Waals surface area contributed by atoms with Gasteiger partial charge in [0.25, 0.3) is 0 Å². The molecule has 0 fully saturated rings. The molecule has 2 nitrogen and oxygen atoms in total. The van der Waals surface area contributed by atoms with Gasteiger partial charge in [-0.15, -0.1) is 11.8 Å². The van der Waals surface area contributed by atoms with Gasteiger partial charge in [-0.3, -0.25) is 4.79 Å². The van der Waals surface area contributed by atoms with Crippen molar-refractivity contribution in [3.63, 3.8) is 0 Å². The number of hydrogen-bond donors (Lipinski definition) is 1. The first-order valence-corrected chi connectivity index (χ1v) is 5.67. The number of carboxylic acid groups (broad SMARTS) is 1. The minimum absolute atomic E-state index is 0.287. The summed E-state index contributed by atoms with van der Waals surface area (Å²) in [4.78, 5) is 11.5. The lowest BCUT2D eigenvalue weighted by molar-refractivity contribution is -0.137. The van der Waals surface area contributed by atoms with Crippen LogP contribution in [0.3, 0.4) is 0 Å². The van der Waals surface area contributed by atoms with Gasteiger partial charge in [0, 0.05) is 11.3 Å². The molecule has 0 bridgehead atoms. The van der Waals surface area contributed by atoms with E-state index in [4.69, 9.17) is 5.11 Å². The second-order valence-corrected chi connectivity index (χ2v) is 4.18. The highest BCUT2D eigenvalue weighted by atomic mass is 32.2. The SMILES string of the molecule is O=C(O)CCCCSc1ccccc1. The number of rotatable bonds is 6. The van der Waals surface area contributed by atoms with Crippen molar-refractivity contribution in [3.05, 3.63) is 30.3 Å². The molecular weight excluding hydrogens is 196 g/mol. The van der Waals surface area contributed by atoms with E-state index in [1.54, 1.807) is 11.8 Å². The zero-order valence-electron chi connectivity index (χ0n) is 7.98. The fourth-order valence-electron chi connectivity index (χ4n) is 1.09. The number of unbranched alkanes of at least 4 members (excludes halogenated alkanes) is 1. The summed E-state index contributed by atoms with van der Waals surface area (Å²) in [6.07, 6.45) is 2.02. The molecule has 0 aliphatic carbocycles. The maximum atomic E-state index is 10.2. The van der Waals surface area contributed by atoms with Crippen LogP contribution in [0.1, 0.15) is 19.3 Å². The third-order valence-electron chi connectivity index (χ3n) is 1.80. The van der Waals surface area contributed by atoms with Gasteiger partial charge < -0.3 is 5.11 Å². The molecule has 1 aromatic rings. The lowest BCUT2D eigenvalue weighted by atomic mass is 10.2. The molecule has 1 aromatic carbocycles. The van der Waals surface area contributed by atoms with Crippen LogP contribution < -0.4 is 0 Å². The van der Waals surface area contributed by atoms with Gasteiger partial charge >= 0.3 is 5.97 Å². The number of carbonyl (C=O) groups is 1. The van der Waals surface area contributed by atoms with E-state index in [0.717, 1.165) is 18.6 Å². The first-order chi connectivity index (χ1) is 6.79. The monoisotopic (exact) mass is 210 g/mol. The van der Waals surface area contributed by atoms with Gasteiger partial charge in [0.2, 0.25) is 0 Å². The number of thioether (sulfide) groups is 1. The molecule has 1 N–H and O–H groups in total. The molecule has 76 valence electrons. The van der Waals surface area contributed by atoms with Gasteiger partial charge in [-0.2, -0.15) is 0 Å². The van der Waals surface area contributed by atoms with E-state index in [1.807, 2.05) is 18.2 Å². The second kappa shape index (κ2) is 6.49. The van der Waals surface area contributed by atoms with Crippen molar-refractivity contribution >= 4 is 17.7 Å². The highest BCUT2D eigenvalue weighted by Crippen LogP contribution is 2.18. The normalized spacial score (nSPS) is 10.0. The number of aliphatic carboxylic acids is 1. The summed E-state index contributed by atoms with van der Waals surface area (Å²) in [7, 11) is 0. The van der Waals surface area contributed by atoms with Crippen LogP contribution in [0.25, 0.3) is 0 Å². The predicted molar refractivity (Wildman–Crippen MR) is 58.7 cm³/mol. The van der Waals surface area contributed by atoms with E-state index in [2.05, 4.69) is 12.1 Å². The Morgan fingerprint density at radius 2 is 1.93 bits per heavy atom. The smallest absolute Gasteiger partial charge is 0.303 e. The largest absolute Gasteiger partial charge is 0.481 e. The summed E-state index contributed by atoms with van der Waals surface area (Å²) in [5.74, 6) is 0.298. The average Bonchev–Trinajstić information content (AvgIpc) is 2.18. The molecule has 0 atom stereocenters. The van der Waals surface area contributed by atoms with Crippen molar-refractivity contribution in [2.24, 2.45) is 0 Å². The quantitative estimate of drug-likeness (QED) is 0.579. The predicted octanol–water partition coefficient (Wildman–Crippen LogP) is 3.03. The lowest BCUT2D eigenvalue weighted by Gasteiger charge is -1.99. The maximum Gasteiger partial charge on any atom is 0.303 e. The van der Waals surface area contributed by atoms with Crippen LogP contribution in [0, 0.1) is 0 Å². The Kier molecular flexibility index (Phi) is 5.15. The summed E-state index contributed by atoms with van der Waals surface area (Å²) in [5.41, 5.74) is 0. The van der Waals surface area contributed by atoms with Crippen LogP contribution in [0.15, 0.2) is 35.2 Å². The highest BCUT2D eigenvalue weighted by molar-refractivity contribution is 7.99. The van der Waals surface area contributed by atoms with Crippen LogP contribution in [0.5, 0.6) is 0 Å². The summed E-state index contributed by atoms with van der Waals surface area (Å²) >= 11 is 1.78. The third kappa shape index (κ3) is 4.92. The van der Waals surface area contributed by atoms with Crippen molar-refractivity contribution in [2.75, 3.05) is 5.75 Å². The Morgan fingerprint density at radius 1 is 1.21 bits per heavy atom. The second-order valence-electron chi connectivity index (χ2n) is 3.01. The van der Waals surface area contributed by atoms with Crippen molar-refractivity contribution in [2.45, 2.75) is 24.2 Å². The molecule has 0 saturated carbocycles. The number of carboxylic acids is 1. The molecule has 0 amide bonds. The van der Waals surface area contributed by atoms with Crippen LogP contribution in [0.2, 0.25) is 0 Å². The van der Waals surface area contributed by atoms with Gasteiger partial charge in [-0.25, -0.2) is 0 Å². The lowest BCUT2D eigenvalue weighted by Crippen LogP contribution is -1.94. The molecular formula is C11H14O2S. The topological polar surface area (TPSA) is 37.3 Å². The molecule has 0 aliphatic heterocycles. The minimum Gasteiger partial charge on any atom is -0.481 e. The molecule has 0 unspecified atom stereocenters. The van der Waals surface area contributed by atoms with E-state index in [0.29, 0.717) is 0 Å². The highest BCUT2D eigenvalue weighted by Gasteiger charge is 1.97. The zero-order chi connectivity index (χ0) is 10.2. The van der Waals surface area contributed by atoms with E-state index in [1.165, 1.54) is 4.90 Å². The van der Waals surface area contributed by atoms with Crippen LogP contribution in [-0.2, 0) is 4.79 Å². The Hall–Kier alpha value is -0.960.